The summed E-state index contributed by atoms with van der Waals surface area (Å²) < 4.78 is 0. The molecule has 0 atom stereocenters. The van der Waals surface area contributed by atoms with E-state index < -0.39 is 17.9 Å². The summed E-state index contributed by atoms with van der Waals surface area (Å²) >= 11 is 0. The summed E-state index contributed by atoms with van der Waals surface area (Å²) in [7, 11) is 0. The summed E-state index contributed by atoms with van der Waals surface area (Å²) in [4.78, 5) is 27.0. The van der Waals surface area contributed by atoms with E-state index in [1.807, 2.05) is 0 Å². The minimum atomic E-state index is -0.833. The Morgan fingerprint density at radius 3 is 1.48 bits per heavy atom. The molecule has 0 unspecified atom stereocenters. The molecule has 1 aliphatic rings. The van der Waals surface area contributed by atoms with Gasteiger partial charge in [-0.2, -0.15) is 27.8 Å². The third-order valence-corrected chi connectivity index (χ3v) is 3.50. The van der Waals surface area contributed by atoms with Gasteiger partial charge in [0.15, 0.2) is 0 Å². The molecule has 1 aromatic carbocycles. The Bertz CT molecular complexity index is 490. The maximum atomic E-state index is 9.00. The maximum absolute atomic E-state index is 9.00. The summed E-state index contributed by atoms with van der Waals surface area (Å²) in [5, 5.41) is 22.2. The van der Waals surface area contributed by atoms with Crippen LogP contribution in [0.5, 0.6) is 0 Å². The average molecular weight is 389 g/mol. The Labute approximate surface area is 164 Å². The summed E-state index contributed by atoms with van der Waals surface area (Å²) in [5.41, 5.74) is 8.04. The molecule has 0 bridgehead atoms. The zero-order chi connectivity index (χ0) is 19.4. The molecule has 0 fully saturated rings. The van der Waals surface area contributed by atoms with Crippen LogP contribution in [0.4, 0.5) is 0 Å². The first kappa shape index (κ1) is 28.3. The van der Waals surface area contributed by atoms with E-state index >= 15 is 0 Å². The van der Waals surface area contributed by atoms with Gasteiger partial charge in [-0.1, -0.05) is 46.5 Å². The van der Waals surface area contributed by atoms with Gasteiger partial charge in [-0.25, -0.2) is 0 Å². The first-order valence-electron chi connectivity index (χ1n) is 7.74. The van der Waals surface area contributed by atoms with Crippen LogP contribution in [0.2, 0.25) is 0 Å². The molecular formula is C18H29O6Ti-. The van der Waals surface area contributed by atoms with Crippen LogP contribution in [0.3, 0.4) is 0 Å². The largest absolute Gasteiger partial charge is 0.481 e. The van der Waals surface area contributed by atoms with Crippen LogP contribution in [0.25, 0.3) is 0 Å². The van der Waals surface area contributed by atoms with Crippen LogP contribution in [0.1, 0.15) is 61.4 Å². The van der Waals surface area contributed by atoms with Gasteiger partial charge in [0.2, 0.25) is 0 Å². The van der Waals surface area contributed by atoms with E-state index in [0.29, 0.717) is 0 Å². The Morgan fingerprint density at radius 2 is 1.16 bits per heavy atom. The average Bonchev–Trinajstić information content (AvgIpc) is 2.63. The third-order valence-electron chi connectivity index (χ3n) is 3.50. The summed E-state index contributed by atoms with van der Waals surface area (Å²) in [5.74, 6) is -2.50. The molecule has 1 aromatic rings. The molecule has 1 aliphatic carbocycles. The predicted octanol–water partition coefficient (Wildman–Crippen LogP) is 3.48. The van der Waals surface area contributed by atoms with Crippen molar-refractivity contribution in [3.8, 4) is 0 Å². The van der Waals surface area contributed by atoms with Crippen molar-refractivity contribution >= 4 is 17.9 Å². The van der Waals surface area contributed by atoms with Crippen LogP contribution in [-0.4, -0.2) is 33.2 Å². The van der Waals surface area contributed by atoms with Crippen molar-refractivity contribution in [3.63, 3.8) is 0 Å². The normalized spacial score (nSPS) is 10.8. The van der Waals surface area contributed by atoms with Gasteiger partial charge < -0.3 is 15.3 Å². The molecule has 0 amide bonds. The number of carbonyl (C=O) groups is 3. The zero-order valence-electron chi connectivity index (χ0n) is 15.9. The predicted molar refractivity (Wildman–Crippen MR) is 92.8 cm³/mol. The van der Waals surface area contributed by atoms with E-state index in [2.05, 4.69) is 20.8 Å². The number of rotatable bonds is 0. The Hall–Kier alpha value is -1.53. The summed E-state index contributed by atoms with van der Waals surface area (Å²) in [6, 6.07) is 0. The molecule has 3 N–H and O–H groups in total. The fourth-order valence-electron chi connectivity index (χ4n) is 2.47. The molecule has 0 saturated carbocycles. The van der Waals surface area contributed by atoms with Crippen molar-refractivity contribution in [2.45, 2.75) is 67.2 Å². The molecule has 2 rings (SSSR count). The van der Waals surface area contributed by atoms with Gasteiger partial charge in [0, 0.05) is 42.5 Å². The molecule has 142 valence electrons. The second-order valence-electron chi connectivity index (χ2n) is 5.60. The van der Waals surface area contributed by atoms with Crippen LogP contribution in [0.15, 0.2) is 0 Å². The molecule has 0 spiro atoms. The molecule has 0 aromatic heterocycles. The number of fused-ring (bicyclic) bond motifs is 1. The van der Waals surface area contributed by atoms with Gasteiger partial charge in [-0.15, -0.1) is 0 Å². The molecule has 0 aliphatic heterocycles. The number of carboxylic acid groups (broad SMARTS) is 3. The minimum Gasteiger partial charge on any atom is -0.481 e. The van der Waals surface area contributed by atoms with Crippen molar-refractivity contribution in [3.05, 3.63) is 27.8 Å². The molecule has 0 radical (unpaired) electrons. The minimum absolute atomic E-state index is 0. The first-order valence-corrected chi connectivity index (χ1v) is 7.74. The van der Waals surface area contributed by atoms with E-state index in [9.17, 15) is 0 Å². The molecular weight excluding hydrogens is 360 g/mol. The van der Waals surface area contributed by atoms with Gasteiger partial charge in [-0.3, -0.25) is 14.4 Å². The first-order chi connectivity index (χ1) is 10.9. The van der Waals surface area contributed by atoms with E-state index in [-0.39, 0.29) is 21.7 Å². The Kier molecular flexibility index (Phi) is 16.7. The number of carboxylic acids is 3. The van der Waals surface area contributed by atoms with Crippen molar-refractivity contribution < 1.29 is 51.4 Å². The SMILES string of the molecule is CC(=O)O.CC(=O)O.CC(=O)O.Cc1c2c([c-](C)c1C)CCCC2.[Ti]. The van der Waals surface area contributed by atoms with Gasteiger partial charge in [0.1, 0.15) is 0 Å². The Balaban J connectivity index is -0.000000314. The van der Waals surface area contributed by atoms with Crippen LogP contribution < -0.4 is 0 Å². The molecule has 0 heterocycles. The van der Waals surface area contributed by atoms with Crippen molar-refractivity contribution in [1.82, 2.24) is 0 Å². The topological polar surface area (TPSA) is 112 Å². The second-order valence-corrected chi connectivity index (χ2v) is 5.60. The van der Waals surface area contributed by atoms with Crippen molar-refractivity contribution in [2.75, 3.05) is 0 Å². The van der Waals surface area contributed by atoms with Crippen molar-refractivity contribution in [1.29, 1.82) is 0 Å². The maximum Gasteiger partial charge on any atom is 0.300 e. The number of aliphatic carboxylic acids is 3. The zero-order valence-corrected chi connectivity index (χ0v) is 17.5. The molecule has 7 heteroatoms. The van der Waals surface area contributed by atoms with Gasteiger partial charge >= 0.3 is 0 Å². The third kappa shape index (κ3) is 14.5. The van der Waals surface area contributed by atoms with E-state index in [1.54, 1.807) is 27.8 Å². The van der Waals surface area contributed by atoms with Crippen LogP contribution >= 0.6 is 0 Å². The van der Waals surface area contributed by atoms with Gasteiger partial charge in [0.25, 0.3) is 17.9 Å². The Morgan fingerprint density at radius 1 is 0.840 bits per heavy atom. The second kappa shape index (κ2) is 14.8. The van der Waals surface area contributed by atoms with E-state index in [4.69, 9.17) is 29.7 Å². The summed E-state index contributed by atoms with van der Waals surface area (Å²) in [6.45, 7) is 10.1. The van der Waals surface area contributed by atoms with Crippen LogP contribution in [-0.2, 0) is 48.9 Å². The molecule has 6 nitrogen and oxygen atoms in total. The quantitative estimate of drug-likeness (QED) is 0.463. The van der Waals surface area contributed by atoms with Crippen molar-refractivity contribution in [2.24, 2.45) is 0 Å². The fraction of sp³-hybridized carbons (Fsp3) is 0.556. The van der Waals surface area contributed by atoms with Crippen LogP contribution in [0, 0.1) is 20.8 Å². The summed E-state index contributed by atoms with van der Waals surface area (Å²) in [6.07, 6.45) is 5.46. The monoisotopic (exact) mass is 389 g/mol. The van der Waals surface area contributed by atoms with E-state index in [0.717, 1.165) is 20.8 Å². The smallest absolute Gasteiger partial charge is 0.300 e. The standard InChI is InChI=1S/C12H17.3C2H4O2.Ti/c1-8-9(2)11-6-4-5-7-12(11)10(8)3;3*1-2(3)4;/h4-7H2,1-3H3;3*1H3,(H,3,4);/q-1;;;;. The fourth-order valence-corrected chi connectivity index (χ4v) is 2.47. The van der Waals surface area contributed by atoms with Gasteiger partial charge in [0.05, 0.1) is 0 Å². The molecule has 25 heavy (non-hydrogen) atoms. The van der Waals surface area contributed by atoms with Gasteiger partial charge in [-0.05, 0) is 0 Å². The van der Waals surface area contributed by atoms with E-state index in [1.165, 1.54) is 25.7 Å². The number of hydrogen-bond donors (Lipinski definition) is 3. The molecule has 0 saturated heterocycles. The number of hydrogen-bond acceptors (Lipinski definition) is 3.